The van der Waals surface area contributed by atoms with Gasteiger partial charge >= 0.3 is 0 Å². The first-order valence-corrected chi connectivity index (χ1v) is 6.13. The van der Waals surface area contributed by atoms with Crippen LogP contribution < -0.4 is 0 Å². The summed E-state index contributed by atoms with van der Waals surface area (Å²) in [5.74, 6) is 1.38. The van der Waals surface area contributed by atoms with Gasteiger partial charge in [0.05, 0.1) is 0 Å². The Balaban J connectivity index is 0.00000144. The molecule has 0 atom stereocenters. The first kappa shape index (κ1) is 14.9. The van der Waals surface area contributed by atoms with E-state index < -0.39 is 0 Å². The van der Waals surface area contributed by atoms with Crippen LogP contribution in [0, 0.1) is 18.8 Å². The Hall–Kier alpha value is -0.136. The van der Waals surface area contributed by atoms with Gasteiger partial charge in [-0.05, 0) is 24.3 Å². The van der Waals surface area contributed by atoms with Gasteiger partial charge in [0.15, 0.2) is 5.78 Å². The van der Waals surface area contributed by atoms with Crippen LogP contribution in [0.5, 0.6) is 0 Å². The minimum absolute atomic E-state index is 0. The normalized spacial score (nSPS) is 23.8. The number of ketones is 1. The van der Waals surface area contributed by atoms with Gasteiger partial charge in [-0.25, -0.2) is 0 Å². The average Bonchev–Trinajstić information content (AvgIpc) is 2.30. The van der Waals surface area contributed by atoms with Crippen molar-refractivity contribution in [3.63, 3.8) is 0 Å². The number of rotatable bonds is 2. The number of benzene rings is 1. The summed E-state index contributed by atoms with van der Waals surface area (Å²) < 4.78 is 0. The Morgan fingerprint density at radius 3 is 2.18 bits per heavy atom. The summed E-state index contributed by atoms with van der Waals surface area (Å²) in [5.41, 5.74) is 1.82. The van der Waals surface area contributed by atoms with Crippen molar-refractivity contribution in [2.45, 2.75) is 32.6 Å². The van der Waals surface area contributed by atoms with Gasteiger partial charge in [-0.15, -0.1) is 12.1 Å². The standard InChI is InChI=1S/C15H19O.Y/c1-11-3-7-13(8-4-11)15(16)14-9-5-12(2)6-10-14;/h3-4,7-8,12,14H,1,5-6,9-10H2,2H3;/q-1;. The van der Waals surface area contributed by atoms with Gasteiger partial charge in [0.2, 0.25) is 0 Å². The first-order chi connectivity index (χ1) is 7.66. The minimum atomic E-state index is 0. The molecule has 2 heteroatoms. The van der Waals surface area contributed by atoms with E-state index in [9.17, 15) is 4.79 Å². The monoisotopic (exact) mass is 304 g/mol. The molecule has 2 rings (SSSR count). The van der Waals surface area contributed by atoms with Crippen LogP contribution in [0.15, 0.2) is 24.3 Å². The van der Waals surface area contributed by atoms with E-state index in [1.165, 1.54) is 12.8 Å². The second-order valence-electron chi connectivity index (χ2n) is 5.02. The fourth-order valence-corrected chi connectivity index (χ4v) is 2.43. The summed E-state index contributed by atoms with van der Waals surface area (Å²) in [4.78, 5) is 12.2. The number of hydrogen-bond acceptors (Lipinski definition) is 1. The third-order valence-corrected chi connectivity index (χ3v) is 3.63. The topological polar surface area (TPSA) is 17.1 Å². The van der Waals surface area contributed by atoms with Gasteiger partial charge in [0.25, 0.3) is 0 Å². The van der Waals surface area contributed by atoms with Crippen LogP contribution in [-0.2, 0) is 32.7 Å². The van der Waals surface area contributed by atoms with Gasteiger partial charge in [0.1, 0.15) is 0 Å². The molecule has 1 aliphatic carbocycles. The molecule has 1 nitrogen and oxygen atoms in total. The van der Waals surface area contributed by atoms with Gasteiger partial charge < -0.3 is 0 Å². The van der Waals surface area contributed by atoms with E-state index in [-0.39, 0.29) is 38.6 Å². The maximum Gasteiger partial charge on any atom is 0.163 e. The number of Topliss-reactive ketones (excluding diaryl/α,β-unsaturated/α-hetero) is 1. The van der Waals surface area contributed by atoms with Crippen LogP contribution in [0.2, 0.25) is 0 Å². The van der Waals surface area contributed by atoms with Gasteiger partial charge in [-0.3, -0.25) is 4.79 Å². The minimum Gasteiger partial charge on any atom is -0.294 e. The fourth-order valence-electron chi connectivity index (χ4n) is 2.43. The number of carbonyl (C=O) groups is 1. The molecular weight excluding hydrogens is 285 g/mol. The van der Waals surface area contributed by atoms with Crippen molar-refractivity contribution >= 4 is 5.78 Å². The van der Waals surface area contributed by atoms with Crippen molar-refractivity contribution in [1.82, 2.24) is 0 Å². The van der Waals surface area contributed by atoms with Crippen molar-refractivity contribution in [2.24, 2.45) is 11.8 Å². The molecule has 89 valence electrons. The molecule has 1 aromatic rings. The summed E-state index contributed by atoms with van der Waals surface area (Å²) in [6, 6.07) is 7.64. The molecule has 1 radical (unpaired) electrons. The molecule has 0 heterocycles. The Morgan fingerprint density at radius 2 is 1.65 bits per heavy atom. The summed E-state index contributed by atoms with van der Waals surface area (Å²) >= 11 is 0. The molecule has 0 saturated heterocycles. The van der Waals surface area contributed by atoms with Crippen LogP contribution in [0.3, 0.4) is 0 Å². The van der Waals surface area contributed by atoms with Crippen LogP contribution >= 0.6 is 0 Å². The first-order valence-electron chi connectivity index (χ1n) is 6.13. The molecule has 0 N–H and O–H groups in total. The Morgan fingerprint density at radius 1 is 1.12 bits per heavy atom. The van der Waals surface area contributed by atoms with E-state index in [0.29, 0.717) is 5.78 Å². The molecule has 0 bridgehead atoms. The third kappa shape index (κ3) is 3.93. The number of hydrogen-bond donors (Lipinski definition) is 0. The van der Waals surface area contributed by atoms with Crippen molar-refractivity contribution in [3.8, 4) is 0 Å². The molecule has 0 aromatic heterocycles. The average molecular weight is 304 g/mol. The summed E-state index contributed by atoms with van der Waals surface area (Å²) in [5, 5.41) is 0. The summed E-state index contributed by atoms with van der Waals surface area (Å²) in [7, 11) is 0. The third-order valence-electron chi connectivity index (χ3n) is 3.63. The molecular formula is C15H19OY-. The van der Waals surface area contributed by atoms with E-state index in [0.717, 1.165) is 29.9 Å². The smallest absolute Gasteiger partial charge is 0.163 e. The van der Waals surface area contributed by atoms with Crippen molar-refractivity contribution in [1.29, 1.82) is 0 Å². The summed E-state index contributed by atoms with van der Waals surface area (Å²) in [6.07, 6.45) is 4.52. The van der Waals surface area contributed by atoms with Crippen molar-refractivity contribution in [3.05, 3.63) is 42.3 Å². The van der Waals surface area contributed by atoms with Crippen LogP contribution in [-0.4, -0.2) is 5.78 Å². The zero-order valence-electron chi connectivity index (χ0n) is 10.5. The molecule has 1 aliphatic rings. The van der Waals surface area contributed by atoms with Crippen LogP contribution in [0.25, 0.3) is 0 Å². The predicted molar refractivity (Wildman–Crippen MR) is 66.4 cm³/mol. The Labute approximate surface area is 129 Å². The second-order valence-corrected chi connectivity index (χ2v) is 5.02. The van der Waals surface area contributed by atoms with Gasteiger partial charge in [-0.1, -0.05) is 19.8 Å². The molecule has 1 saturated carbocycles. The van der Waals surface area contributed by atoms with E-state index >= 15 is 0 Å². The van der Waals surface area contributed by atoms with Crippen molar-refractivity contribution < 1.29 is 37.5 Å². The summed E-state index contributed by atoms with van der Waals surface area (Å²) in [6.45, 7) is 6.11. The molecule has 0 spiro atoms. The molecule has 1 fully saturated rings. The maximum absolute atomic E-state index is 12.2. The maximum atomic E-state index is 12.2. The van der Waals surface area contributed by atoms with Gasteiger partial charge in [0, 0.05) is 38.6 Å². The zero-order chi connectivity index (χ0) is 11.5. The second kappa shape index (κ2) is 6.70. The molecule has 0 aliphatic heterocycles. The molecule has 0 amide bonds. The van der Waals surface area contributed by atoms with Crippen molar-refractivity contribution in [2.75, 3.05) is 0 Å². The number of carbonyl (C=O) groups excluding carboxylic acids is 1. The van der Waals surface area contributed by atoms with E-state index in [2.05, 4.69) is 13.8 Å². The van der Waals surface area contributed by atoms with Crippen LogP contribution in [0.1, 0.15) is 48.5 Å². The molecule has 1 aromatic carbocycles. The quantitative estimate of drug-likeness (QED) is 0.599. The van der Waals surface area contributed by atoms with Gasteiger partial charge in [-0.2, -0.15) is 24.6 Å². The Kier molecular flexibility index (Phi) is 5.89. The fraction of sp³-hybridized carbons (Fsp3) is 0.467. The molecule has 17 heavy (non-hydrogen) atoms. The van der Waals surface area contributed by atoms with E-state index in [1.54, 1.807) is 0 Å². The molecule has 0 unspecified atom stereocenters. The predicted octanol–water partition coefficient (Wildman–Crippen LogP) is 3.88. The van der Waals surface area contributed by atoms with Crippen LogP contribution in [0.4, 0.5) is 0 Å². The van der Waals surface area contributed by atoms with E-state index in [4.69, 9.17) is 0 Å². The SMILES string of the molecule is [CH2-]c1ccc(C(=O)C2CCC(C)CC2)cc1.[Y]. The largest absolute Gasteiger partial charge is 0.294 e. The zero-order valence-corrected chi connectivity index (χ0v) is 13.3. The van der Waals surface area contributed by atoms with E-state index in [1.807, 2.05) is 24.3 Å². The Bertz CT molecular complexity index is 361.